The maximum Gasteiger partial charge on any atom is 0.241 e. The second-order valence-electron chi connectivity index (χ2n) is 5.80. The average molecular weight is 357 g/mol. The van der Waals surface area contributed by atoms with Gasteiger partial charge in [-0.3, -0.25) is 9.59 Å². The molecule has 2 amide bonds. The standard InChI is InChI=1S/C15H20FN3O4S/c1-10(15(21)19-8-6-11(7-9-19)14(17)20)18-24(22,23)13-4-2-12(16)3-5-13/h2-5,10-11,18H,6-9H2,1H3,(H2,17,20)/t10-/m0/s1. The van der Waals surface area contributed by atoms with Gasteiger partial charge in [0.1, 0.15) is 5.82 Å². The van der Waals surface area contributed by atoms with Crippen LogP contribution in [0.5, 0.6) is 0 Å². The number of primary amides is 1. The van der Waals surface area contributed by atoms with Crippen LogP contribution < -0.4 is 10.5 Å². The van der Waals surface area contributed by atoms with Gasteiger partial charge < -0.3 is 10.6 Å². The highest BCUT2D eigenvalue weighted by Crippen LogP contribution is 2.18. The topological polar surface area (TPSA) is 110 Å². The Kier molecular flexibility index (Phi) is 5.55. The van der Waals surface area contributed by atoms with Crippen molar-refractivity contribution in [1.29, 1.82) is 0 Å². The van der Waals surface area contributed by atoms with E-state index >= 15 is 0 Å². The van der Waals surface area contributed by atoms with Crippen LogP contribution in [0.15, 0.2) is 29.2 Å². The van der Waals surface area contributed by atoms with Gasteiger partial charge in [-0.1, -0.05) is 0 Å². The van der Waals surface area contributed by atoms with E-state index in [1.807, 2.05) is 0 Å². The van der Waals surface area contributed by atoms with Gasteiger partial charge in [-0.2, -0.15) is 4.72 Å². The van der Waals surface area contributed by atoms with Gasteiger partial charge in [-0.15, -0.1) is 0 Å². The molecule has 0 unspecified atom stereocenters. The lowest BCUT2D eigenvalue weighted by molar-refractivity contribution is -0.136. The van der Waals surface area contributed by atoms with E-state index in [9.17, 15) is 22.4 Å². The van der Waals surface area contributed by atoms with E-state index in [4.69, 9.17) is 5.73 Å². The van der Waals surface area contributed by atoms with Gasteiger partial charge in [0.2, 0.25) is 21.8 Å². The summed E-state index contributed by atoms with van der Waals surface area (Å²) in [4.78, 5) is 24.9. The van der Waals surface area contributed by atoms with E-state index in [-0.39, 0.29) is 22.6 Å². The Morgan fingerprint density at radius 1 is 1.25 bits per heavy atom. The number of amides is 2. The number of carbonyl (C=O) groups is 2. The number of nitrogens with two attached hydrogens (primary N) is 1. The van der Waals surface area contributed by atoms with Crippen LogP contribution in [-0.2, 0) is 19.6 Å². The number of piperidine rings is 1. The Morgan fingerprint density at radius 2 is 1.79 bits per heavy atom. The minimum Gasteiger partial charge on any atom is -0.369 e. The van der Waals surface area contributed by atoms with E-state index in [1.54, 1.807) is 0 Å². The van der Waals surface area contributed by atoms with Gasteiger partial charge in [0, 0.05) is 19.0 Å². The zero-order valence-electron chi connectivity index (χ0n) is 13.2. The molecular weight excluding hydrogens is 337 g/mol. The number of halogens is 1. The first-order valence-corrected chi connectivity index (χ1v) is 9.05. The molecule has 1 atom stereocenters. The third-order valence-corrected chi connectivity index (χ3v) is 5.59. The first kappa shape index (κ1) is 18.3. The Balaban J connectivity index is 1.99. The number of nitrogens with zero attached hydrogens (tertiary/aromatic N) is 1. The second-order valence-corrected chi connectivity index (χ2v) is 7.51. The predicted molar refractivity (Wildman–Crippen MR) is 84.7 cm³/mol. The lowest BCUT2D eigenvalue weighted by Crippen LogP contribution is -2.50. The molecule has 1 saturated heterocycles. The highest BCUT2D eigenvalue weighted by Gasteiger charge is 2.30. The summed E-state index contributed by atoms with van der Waals surface area (Å²) in [5.74, 6) is -1.55. The lowest BCUT2D eigenvalue weighted by atomic mass is 9.96. The van der Waals surface area contributed by atoms with Crippen LogP contribution in [0.2, 0.25) is 0 Å². The number of hydrogen-bond acceptors (Lipinski definition) is 4. The molecule has 0 saturated carbocycles. The third-order valence-electron chi connectivity index (χ3n) is 4.04. The molecule has 0 aromatic heterocycles. The Morgan fingerprint density at radius 3 is 2.29 bits per heavy atom. The molecule has 9 heteroatoms. The summed E-state index contributed by atoms with van der Waals surface area (Å²) in [6, 6.07) is 3.37. The molecule has 0 aliphatic carbocycles. The number of likely N-dealkylation sites (tertiary alicyclic amines) is 1. The zero-order valence-corrected chi connectivity index (χ0v) is 14.1. The van der Waals surface area contributed by atoms with Gasteiger partial charge in [0.05, 0.1) is 10.9 Å². The van der Waals surface area contributed by atoms with Crippen LogP contribution in [-0.4, -0.2) is 44.3 Å². The number of nitrogens with one attached hydrogen (secondary N) is 1. The monoisotopic (exact) mass is 357 g/mol. The molecule has 1 aliphatic heterocycles. The molecule has 24 heavy (non-hydrogen) atoms. The molecule has 132 valence electrons. The van der Waals surface area contributed by atoms with E-state index in [1.165, 1.54) is 11.8 Å². The number of rotatable bonds is 5. The fourth-order valence-corrected chi connectivity index (χ4v) is 3.82. The van der Waals surface area contributed by atoms with Crippen LogP contribution in [0.4, 0.5) is 4.39 Å². The van der Waals surface area contributed by atoms with Crippen molar-refractivity contribution in [2.24, 2.45) is 11.7 Å². The molecule has 1 aromatic rings. The van der Waals surface area contributed by atoms with Crippen molar-refractivity contribution in [3.63, 3.8) is 0 Å². The first-order valence-electron chi connectivity index (χ1n) is 7.56. The van der Waals surface area contributed by atoms with Crippen molar-refractivity contribution < 1.29 is 22.4 Å². The minimum atomic E-state index is -3.92. The molecule has 0 radical (unpaired) electrons. The highest BCUT2D eigenvalue weighted by atomic mass is 32.2. The highest BCUT2D eigenvalue weighted by molar-refractivity contribution is 7.89. The summed E-state index contributed by atoms with van der Waals surface area (Å²) in [5.41, 5.74) is 5.25. The van der Waals surface area contributed by atoms with E-state index < -0.39 is 21.9 Å². The molecule has 3 N–H and O–H groups in total. The molecule has 1 aliphatic rings. The van der Waals surface area contributed by atoms with Crippen molar-refractivity contribution in [2.75, 3.05) is 13.1 Å². The summed E-state index contributed by atoms with van der Waals surface area (Å²) in [5, 5.41) is 0. The van der Waals surface area contributed by atoms with E-state index in [2.05, 4.69) is 4.72 Å². The fraction of sp³-hybridized carbons (Fsp3) is 0.467. The molecular formula is C15H20FN3O4S. The number of hydrogen-bond donors (Lipinski definition) is 2. The van der Waals surface area contributed by atoms with Crippen molar-refractivity contribution in [1.82, 2.24) is 9.62 Å². The summed E-state index contributed by atoms with van der Waals surface area (Å²) >= 11 is 0. The molecule has 1 heterocycles. The summed E-state index contributed by atoms with van der Waals surface area (Å²) in [7, 11) is -3.92. The van der Waals surface area contributed by atoms with Crippen LogP contribution in [0, 0.1) is 11.7 Å². The molecule has 2 rings (SSSR count). The molecule has 1 aromatic carbocycles. The second kappa shape index (κ2) is 7.27. The zero-order chi connectivity index (χ0) is 17.9. The lowest BCUT2D eigenvalue weighted by Gasteiger charge is -2.32. The first-order chi connectivity index (χ1) is 11.2. The van der Waals surface area contributed by atoms with Crippen LogP contribution in [0.25, 0.3) is 0 Å². The summed E-state index contributed by atoms with van der Waals surface area (Å²) in [6.07, 6.45) is 0.941. The molecule has 1 fully saturated rings. The molecule has 7 nitrogen and oxygen atoms in total. The van der Waals surface area contributed by atoms with Gasteiger partial charge in [0.15, 0.2) is 0 Å². The average Bonchev–Trinajstić information content (AvgIpc) is 2.54. The third kappa shape index (κ3) is 4.30. The Labute approximate surface area is 140 Å². The smallest absolute Gasteiger partial charge is 0.241 e. The molecule has 0 bridgehead atoms. The number of benzene rings is 1. The van der Waals surface area contributed by atoms with Gasteiger partial charge in [-0.25, -0.2) is 12.8 Å². The maximum atomic E-state index is 12.9. The predicted octanol–water partition coefficient (Wildman–Crippen LogP) is 0.216. The van der Waals surface area contributed by atoms with Gasteiger partial charge >= 0.3 is 0 Å². The van der Waals surface area contributed by atoms with Crippen molar-refractivity contribution in [3.8, 4) is 0 Å². The minimum absolute atomic E-state index is 0.115. The van der Waals surface area contributed by atoms with Crippen molar-refractivity contribution >= 4 is 21.8 Å². The van der Waals surface area contributed by atoms with Gasteiger partial charge in [-0.05, 0) is 44.0 Å². The SMILES string of the molecule is C[C@H](NS(=O)(=O)c1ccc(F)cc1)C(=O)N1CCC(C(N)=O)CC1. The summed E-state index contributed by atoms with van der Waals surface area (Å²) < 4.78 is 39.6. The number of sulfonamides is 1. The van der Waals surface area contributed by atoms with Crippen molar-refractivity contribution in [2.45, 2.75) is 30.7 Å². The van der Waals surface area contributed by atoms with Gasteiger partial charge in [0.25, 0.3) is 0 Å². The number of carbonyl (C=O) groups excluding carboxylic acids is 2. The quantitative estimate of drug-likeness (QED) is 0.785. The largest absolute Gasteiger partial charge is 0.369 e. The normalized spacial score (nSPS) is 17.5. The van der Waals surface area contributed by atoms with E-state index in [0.717, 1.165) is 24.3 Å². The Bertz CT molecular complexity index is 713. The fourth-order valence-electron chi connectivity index (χ4n) is 2.62. The summed E-state index contributed by atoms with van der Waals surface area (Å²) in [6.45, 7) is 2.16. The Hall–Kier alpha value is -2.00. The maximum absolute atomic E-state index is 12.9. The molecule has 0 spiro atoms. The van der Waals surface area contributed by atoms with Crippen LogP contribution >= 0.6 is 0 Å². The van der Waals surface area contributed by atoms with Crippen LogP contribution in [0.3, 0.4) is 0 Å². The van der Waals surface area contributed by atoms with Crippen molar-refractivity contribution in [3.05, 3.63) is 30.1 Å². The van der Waals surface area contributed by atoms with Crippen LogP contribution in [0.1, 0.15) is 19.8 Å². The van der Waals surface area contributed by atoms with E-state index in [0.29, 0.717) is 25.9 Å².